The van der Waals surface area contributed by atoms with E-state index in [2.05, 4.69) is 25.0 Å². The summed E-state index contributed by atoms with van der Waals surface area (Å²) < 4.78 is 7.65. The maximum Gasteiger partial charge on any atom is 0.244 e. The van der Waals surface area contributed by atoms with Crippen LogP contribution in [0.15, 0.2) is 24.4 Å². The summed E-state index contributed by atoms with van der Waals surface area (Å²) in [5.41, 5.74) is 4.28. The number of rotatable bonds is 2. The number of amides is 1. The molecule has 1 amide bonds. The van der Waals surface area contributed by atoms with Crippen LogP contribution in [0.4, 0.5) is 0 Å². The second-order valence-corrected chi connectivity index (χ2v) is 6.90. The van der Waals surface area contributed by atoms with E-state index in [9.17, 15) is 4.79 Å². The Morgan fingerprint density at radius 3 is 3.08 bits per heavy atom. The van der Waals surface area contributed by atoms with E-state index < -0.39 is 0 Å². The number of benzene rings is 1. The normalized spacial score (nSPS) is 19.4. The Bertz CT molecular complexity index is 781. The van der Waals surface area contributed by atoms with E-state index in [1.807, 2.05) is 27.9 Å². The number of carbonyl (C=O) groups is 1. The van der Waals surface area contributed by atoms with E-state index in [0.717, 1.165) is 42.0 Å². The van der Waals surface area contributed by atoms with Gasteiger partial charge in [-0.05, 0) is 45.2 Å². The first kappa shape index (κ1) is 15.2. The van der Waals surface area contributed by atoms with Gasteiger partial charge < -0.3 is 9.64 Å². The highest BCUT2D eigenvalue weighted by Gasteiger charge is 2.27. The number of hydrogen-bond donors (Lipinski definition) is 0. The van der Waals surface area contributed by atoms with E-state index >= 15 is 0 Å². The molecule has 1 fully saturated rings. The molecule has 0 saturated carbocycles. The zero-order valence-corrected chi connectivity index (χ0v) is 14.3. The van der Waals surface area contributed by atoms with Crippen molar-refractivity contribution < 1.29 is 9.53 Å². The summed E-state index contributed by atoms with van der Waals surface area (Å²) in [4.78, 5) is 14.8. The molecule has 5 nitrogen and oxygen atoms in total. The van der Waals surface area contributed by atoms with Crippen LogP contribution in [0.2, 0.25) is 0 Å². The summed E-state index contributed by atoms with van der Waals surface area (Å²) in [5, 5.41) is 4.48. The largest absolute Gasteiger partial charge is 0.488 e. The molecule has 1 atom stereocenters. The van der Waals surface area contributed by atoms with Crippen molar-refractivity contribution in [1.82, 2.24) is 14.7 Å². The van der Waals surface area contributed by atoms with Crippen molar-refractivity contribution in [2.75, 3.05) is 6.54 Å². The predicted octanol–water partition coefficient (Wildman–Crippen LogP) is 3.15. The first-order valence-corrected chi connectivity index (χ1v) is 8.71. The van der Waals surface area contributed by atoms with Crippen LogP contribution in [0.1, 0.15) is 37.3 Å². The molecule has 0 aliphatic carbocycles. The molecule has 2 aliphatic rings. The van der Waals surface area contributed by atoms with Crippen LogP contribution in [-0.4, -0.2) is 33.2 Å². The van der Waals surface area contributed by atoms with E-state index in [1.54, 1.807) is 0 Å². The topological polar surface area (TPSA) is 47.4 Å². The highest BCUT2D eigenvalue weighted by atomic mass is 16.5. The Labute approximate surface area is 142 Å². The molecule has 0 N–H and O–H groups in total. The van der Waals surface area contributed by atoms with Crippen molar-refractivity contribution in [3.8, 4) is 17.0 Å². The standard InChI is InChI=1S/C19H23N3O2/c1-13-6-7-17-16(9-13)19-15(12-24-17)10-20-22(19)11-18(23)21-8-4-3-5-14(21)2/h6-7,9-10,14H,3-5,8,11-12H2,1-2H3. The van der Waals surface area contributed by atoms with Crippen molar-refractivity contribution in [3.05, 3.63) is 35.5 Å². The molecule has 24 heavy (non-hydrogen) atoms. The second kappa shape index (κ2) is 5.96. The molecule has 2 aliphatic heterocycles. The SMILES string of the molecule is Cc1ccc2c(c1)-c1c(cnn1CC(=O)N1CCCCC1C)CO2. The van der Waals surface area contributed by atoms with E-state index in [-0.39, 0.29) is 5.91 Å². The van der Waals surface area contributed by atoms with Crippen LogP contribution in [0.3, 0.4) is 0 Å². The van der Waals surface area contributed by atoms with Crippen molar-refractivity contribution in [2.45, 2.75) is 52.3 Å². The third-order valence-corrected chi connectivity index (χ3v) is 5.10. The lowest BCUT2D eigenvalue weighted by atomic mass is 10.0. The summed E-state index contributed by atoms with van der Waals surface area (Å²) in [6, 6.07) is 6.49. The lowest BCUT2D eigenvalue weighted by Gasteiger charge is -2.33. The van der Waals surface area contributed by atoms with Crippen molar-refractivity contribution in [1.29, 1.82) is 0 Å². The Morgan fingerprint density at radius 2 is 2.25 bits per heavy atom. The van der Waals surface area contributed by atoms with Gasteiger partial charge in [-0.2, -0.15) is 5.10 Å². The van der Waals surface area contributed by atoms with Gasteiger partial charge >= 0.3 is 0 Å². The van der Waals surface area contributed by atoms with E-state index in [1.165, 1.54) is 12.0 Å². The smallest absolute Gasteiger partial charge is 0.244 e. The molecule has 0 bridgehead atoms. The number of piperidine rings is 1. The summed E-state index contributed by atoms with van der Waals surface area (Å²) in [6.45, 7) is 5.88. The number of likely N-dealkylation sites (tertiary alicyclic amines) is 1. The molecule has 0 radical (unpaired) electrons. The van der Waals surface area contributed by atoms with Crippen molar-refractivity contribution in [2.24, 2.45) is 0 Å². The van der Waals surface area contributed by atoms with Crippen LogP contribution in [-0.2, 0) is 17.9 Å². The molecule has 1 saturated heterocycles. The number of aryl methyl sites for hydroxylation is 1. The van der Waals surface area contributed by atoms with Gasteiger partial charge in [0.2, 0.25) is 5.91 Å². The molecular weight excluding hydrogens is 302 g/mol. The molecule has 4 rings (SSSR count). The van der Waals surface area contributed by atoms with Gasteiger partial charge in [-0.3, -0.25) is 9.48 Å². The molecule has 1 aromatic heterocycles. The second-order valence-electron chi connectivity index (χ2n) is 6.90. The first-order valence-electron chi connectivity index (χ1n) is 8.71. The Morgan fingerprint density at radius 1 is 1.38 bits per heavy atom. The quantitative estimate of drug-likeness (QED) is 0.852. The van der Waals surface area contributed by atoms with Gasteiger partial charge in [-0.1, -0.05) is 11.6 Å². The third-order valence-electron chi connectivity index (χ3n) is 5.10. The minimum atomic E-state index is 0.161. The number of fused-ring (bicyclic) bond motifs is 3. The van der Waals surface area contributed by atoms with Crippen molar-refractivity contribution >= 4 is 5.91 Å². The maximum absolute atomic E-state index is 12.8. The van der Waals surface area contributed by atoms with Crippen LogP contribution < -0.4 is 4.74 Å². The molecule has 3 heterocycles. The summed E-state index contributed by atoms with van der Waals surface area (Å²) in [6.07, 6.45) is 5.24. The Balaban J connectivity index is 1.64. The lowest BCUT2D eigenvalue weighted by Crippen LogP contribution is -2.43. The average molecular weight is 325 g/mol. The molecular formula is C19H23N3O2. The summed E-state index contributed by atoms with van der Waals surface area (Å²) in [7, 11) is 0. The number of ether oxygens (including phenoxy) is 1. The van der Waals surface area contributed by atoms with Gasteiger partial charge in [0, 0.05) is 23.7 Å². The first-order chi connectivity index (χ1) is 11.6. The minimum Gasteiger partial charge on any atom is -0.488 e. The molecule has 0 spiro atoms. The number of nitrogens with zero attached hydrogens (tertiary/aromatic N) is 3. The van der Waals surface area contributed by atoms with Crippen LogP contribution in [0.5, 0.6) is 5.75 Å². The molecule has 2 aromatic rings. The minimum absolute atomic E-state index is 0.161. The average Bonchev–Trinajstić information content (AvgIpc) is 2.98. The predicted molar refractivity (Wildman–Crippen MR) is 91.8 cm³/mol. The van der Waals surface area contributed by atoms with Gasteiger partial charge in [0.15, 0.2) is 0 Å². The lowest BCUT2D eigenvalue weighted by molar-refractivity contribution is -0.135. The molecule has 1 unspecified atom stereocenters. The Kier molecular flexibility index (Phi) is 3.79. The number of carbonyl (C=O) groups excluding carboxylic acids is 1. The fourth-order valence-electron chi connectivity index (χ4n) is 3.76. The van der Waals surface area contributed by atoms with Crippen molar-refractivity contribution in [3.63, 3.8) is 0 Å². The zero-order chi connectivity index (χ0) is 16.7. The zero-order valence-electron chi connectivity index (χ0n) is 14.3. The summed E-state index contributed by atoms with van der Waals surface area (Å²) >= 11 is 0. The van der Waals surface area contributed by atoms with Gasteiger partial charge in [0.25, 0.3) is 0 Å². The van der Waals surface area contributed by atoms with Crippen LogP contribution in [0, 0.1) is 6.92 Å². The van der Waals surface area contributed by atoms with Gasteiger partial charge in [0.1, 0.15) is 18.9 Å². The monoisotopic (exact) mass is 325 g/mol. The maximum atomic E-state index is 12.8. The van der Waals surface area contributed by atoms with Gasteiger partial charge in [-0.25, -0.2) is 0 Å². The number of aromatic nitrogens is 2. The van der Waals surface area contributed by atoms with E-state index in [4.69, 9.17) is 4.74 Å². The van der Waals surface area contributed by atoms with Crippen LogP contribution >= 0.6 is 0 Å². The van der Waals surface area contributed by atoms with Gasteiger partial charge in [0.05, 0.1) is 11.9 Å². The Hall–Kier alpha value is -2.30. The summed E-state index contributed by atoms with van der Waals surface area (Å²) in [5.74, 6) is 1.03. The van der Waals surface area contributed by atoms with E-state index in [0.29, 0.717) is 19.2 Å². The highest BCUT2D eigenvalue weighted by Crippen LogP contribution is 2.38. The molecule has 5 heteroatoms. The molecule has 1 aromatic carbocycles. The fraction of sp³-hybridized carbons (Fsp3) is 0.474. The van der Waals surface area contributed by atoms with Gasteiger partial charge in [-0.15, -0.1) is 0 Å². The number of hydrogen-bond acceptors (Lipinski definition) is 3. The molecule has 126 valence electrons. The highest BCUT2D eigenvalue weighted by molar-refractivity contribution is 5.79. The van der Waals surface area contributed by atoms with Crippen LogP contribution in [0.25, 0.3) is 11.3 Å². The fourth-order valence-corrected chi connectivity index (χ4v) is 3.76. The third kappa shape index (κ3) is 2.58.